The van der Waals surface area contributed by atoms with Gasteiger partial charge in [0.2, 0.25) is 0 Å². The van der Waals surface area contributed by atoms with E-state index in [0.717, 1.165) is 37.6 Å². The lowest BCUT2D eigenvalue weighted by Gasteiger charge is -2.33. The highest BCUT2D eigenvalue weighted by Gasteiger charge is 2.15. The molecular formula is C19H23ClN4O2. The van der Waals surface area contributed by atoms with Gasteiger partial charge in [-0.15, -0.1) is 0 Å². The maximum Gasteiger partial charge on any atom is 0.262 e. The van der Waals surface area contributed by atoms with Crippen molar-refractivity contribution in [3.05, 3.63) is 47.1 Å². The van der Waals surface area contributed by atoms with Crippen LogP contribution in [0.3, 0.4) is 0 Å². The fourth-order valence-electron chi connectivity index (χ4n) is 2.74. The summed E-state index contributed by atoms with van der Waals surface area (Å²) in [7, 11) is 2.12. The zero-order valence-corrected chi connectivity index (χ0v) is 15.8. The Labute approximate surface area is 158 Å². The van der Waals surface area contributed by atoms with Crippen LogP contribution < -0.4 is 15.0 Å². The van der Waals surface area contributed by atoms with Crippen LogP contribution >= 0.6 is 11.6 Å². The second-order valence-corrected chi connectivity index (χ2v) is 6.85. The number of piperazine rings is 1. The van der Waals surface area contributed by atoms with Crippen molar-refractivity contribution in [2.75, 3.05) is 50.1 Å². The first-order chi connectivity index (χ1) is 12.5. The summed E-state index contributed by atoms with van der Waals surface area (Å²) in [6, 6.07) is 9.11. The summed E-state index contributed by atoms with van der Waals surface area (Å²) in [5.41, 5.74) is 1.57. The van der Waals surface area contributed by atoms with E-state index in [0.29, 0.717) is 16.5 Å². The number of benzene rings is 1. The largest absolute Gasteiger partial charge is 0.484 e. The number of aryl methyl sites for hydroxylation is 1. The van der Waals surface area contributed by atoms with Gasteiger partial charge in [-0.2, -0.15) is 0 Å². The molecule has 0 bridgehead atoms. The minimum absolute atomic E-state index is 0.0682. The molecule has 1 aliphatic heterocycles. The number of ether oxygens (including phenoxy) is 1. The van der Waals surface area contributed by atoms with Crippen molar-refractivity contribution in [2.45, 2.75) is 6.92 Å². The number of halogens is 1. The van der Waals surface area contributed by atoms with Gasteiger partial charge in [0.25, 0.3) is 5.91 Å². The molecule has 138 valence electrons. The van der Waals surface area contributed by atoms with Gasteiger partial charge in [-0.3, -0.25) is 4.79 Å². The highest BCUT2D eigenvalue weighted by atomic mass is 35.5. The zero-order chi connectivity index (χ0) is 18.5. The quantitative estimate of drug-likeness (QED) is 0.872. The molecule has 0 atom stereocenters. The molecule has 6 nitrogen and oxygen atoms in total. The molecule has 7 heteroatoms. The first-order valence-corrected chi connectivity index (χ1v) is 8.97. The Morgan fingerprint density at radius 2 is 2.00 bits per heavy atom. The number of amides is 1. The number of hydrogen-bond acceptors (Lipinski definition) is 5. The van der Waals surface area contributed by atoms with Gasteiger partial charge >= 0.3 is 0 Å². The topological polar surface area (TPSA) is 57.7 Å². The Hall–Kier alpha value is -2.31. The van der Waals surface area contributed by atoms with Crippen LogP contribution in [0.5, 0.6) is 5.75 Å². The van der Waals surface area contributed by atoms with E-state index in [-0.39, 0.29) is 12.5 Å². The van der Waals surface area contributed by atoms with Crippen molar-refractivity contribution >= 4 is 29.0 Å². The SMILES string of the molecule is Cc1cc(OCC(=O)Nc2ccc(N3CCN(C)CC3)nc2)ccc1Cl. The van der Waals surface area contributed by atoms with Crippen molar-refractivity contribution in [2.24, 2.45) is 0 Å². The van der Waals surface area contributed by atoms with E-state index in [4.69, 9.17) is 16.3 Å². The molecule has 1 fully saturated rings. The molecule has 1 N–H and O–H groups in total. The van der Waals surface area contributed by atoms with E-state index >= 15 is 0 Å². The fraction of sp³-hybridized carbons (Fsp3) is 0.368. The second kappa shape index (κ2) is 8.38. The molecule has 26 heavy (non-hydrogen) atoms. The monoisotopic (exact) mass is 374 g/mol. The van der Waals surface area contributed by atoms with E-state index in [9.17, 15) is 4.79 Å². The van der Waals surface area contributed by atoms with Crippen LogP contribution in [0.25, 0.3) is 0 Å². The van der Waals surface area contributed by atoms with Gasteiger partial charge in [0.1, 0.15) is 11.6 Å². The normalized spacial score (nSPS) is 15.0. The third-order valence-corrected chi connectivity index (χ3v) is 4.78. The molecule has 0 spiro atoms. The maximum atomic E-state index is 12.1. The molecule has 3 rings (SSSR count). The molecule has 1 aliphatic rings. The predicted octanol–water partition coefficient (Wildman–Crippen LogP) is 2.81. The van der Waals surface area contributed by atoms with Crippen molar-refractivity contribution in [1.29, 1.82) is 0 Å². The Morgan fingerprint density at radius 3 is 2.65 bits per heavy atom. The summed E-state index contributed by atoms with van der Waals surface area (Å²) >= 11 is 5.98. The number of hydrogen-bond donors (Lipinski definition) is 1. The van der Waals surface area contributed by atoms with Gasteiger partial charge in [0.15, 0.2) is 6.61 Å². The first kappa shape index (κ1) is 18.5. The molecule has 0 aliphatic carbocycles. The Morgan fingerprint density at radius 1 is 1.23 bits per heavy atom. The summed E-state index contributed by atoms with van der Waals surface area (Å²) in [6.07, 6.45) is 1.68. The first-order valence-electron chi connectivity index (χ1n) is 8.59. The van der Waals surface area contributed by atoms with Crippen molar-refractivity contribution in [3.8, 4) is 5.75 Å². The van der Waals surface area contributed by atoms with Crippen LogP contribution in [0.1, 0.15) is 5.56 Å². The number of carbonyl (C=O) groups excluding carboxylic acids is 1. The molecule has 1 aromatic heterocycles. The lowest BCUT2D eigenvalue weighted by atomic mass is 10.2. The molecule has 0 saturated carbocycles. The molecule has 2 aromatic rings. The number of nitrogens with zero attached hydrogens (tertiary/aromatic N) is 3. The van der Waals surface area contributed by atoms with E-state index in [1.165, 1.54) is 0 Å². The predicted molar refractivity (Wildman–Crippen MR) is 104 cm³/mol. The van der Waals surface area contributed by atoms with E-state index in [1.807, 2.05) is 25.1 Å². The maximum absolute atomic E-state index is 12.1. The van der Waals surface area contributed by atoms with Crippen LogP contribution in [-0.4, -0.2) is 55.6 Å². The minimum atomic E-state index is -0.230. The number of anilines is 2. The van der Waals surface area contributed by atoms with Gasteiger partial charge in [0.05, 0.1) is 11.9 Å². The lowest BCUT2D eigenvalue weighted by Crippen LogP contribution is -2.44. The average molecular weight is 375 g/mol. The summed E-state index contributed by atoms with van der Waals surface area (Å²) in [5, 5.41) is 3.47. The summed E-state index contributed by atoms with van der Waals surface area (Å²) in [4.78, 5) is 21.1. The Bertz CT molecular complexity index is 759. The highest BCUT2D eigenvalue weighted by molar-refractivity contribution is 6.31. The van der Waals surface area contributed by atoms with Crippen molar-refractivity contribution < 1.29 is 9.53 Å². The van der Waals surface area contributed by atoms with Crippen LogP contribution in [0.15, 0.2) is 36.5 Å². The van der Waals surface area contributed by atoms with Crippen molar-refractivity contribution in [1.82, 2.24) is 9.88 Å². The molecule has 1 amide bonds. The molecule has 1 aromatic carbocycles. The van der Waals surface area contributed by atoms with Crippen LogP contribution in [0.4, 0.5) is 11.5 Å². The van der Waals surface area contributed by atoms with E-state index in [1.54, 1.807) is 18.3 Å². The van der Waals surface area contributed by atoms with Gasteiger partial charge in [-0.1, -0.05) is 11.6 Å². The number of rotatable bonds is 5. The van der Waals surface area contributed by atoms with E-state index in [2.05, 4.69) is 27.1 Å². The molecule has 2 heterocycles. The number of aromatic nitrogens is 1. The van der Waals surface area contributed by atoms with Crippen molar-refractivity contribution in [3.63, 3.8) is 0 Å². The van der Waals surface area contributed by atoms with Crippen LogP contribution in [0.2, 0.25) is 5.02 Å². The molecule has 0 unspecified atom stereocenters. The molecular weight excluding hydrogens is 352 g/mol. The third kappa shape index (κ3) is 4.86. The molecule has 1 saturated heterocycles. The summed E-state index contributed by atoms with van der Waals surface area (Å²) < 4.78 is 5.50. The third-order valence-electron chi connectivity index (χ3n) is 4.36. The minimum Gasteiger partial charge on any atom is -0.484 e. The highest BCUT2D eigenvalue weighted by Crippen LogP contribution is 2.21. The van der Waals surface area contributed by atoms with Crippen LogP contribution in [0, 0.1) is 6.92 Å². The van der Waals surface area contributed by atoms with Gasteiger partial charge in [0, 0.05) is 31.2 Å². The zero-order valence-electron chi connectivity index (χ0n) is 15.0. The Balaban J connectivity index is 1.50. The summed E-state index contributed by atoms with van der Waals surface area (Å²) in [6.45, 7) is 5.81. The smallest absolute Gasteiger partial charge is 0.262 e. The van der Waals surface area contributed by atoms with Gasteiger partial charge in [-0.25, -0.2) is 4.98 Å². The fourth-order valence-corrected chi connectivity index (χ4v) is 2.85. The van der Waals surface area contributed by atoms with Gasteiger partial charge in [-0.05, 0) is 49.9 Å². The van der Waals surface area contributed by atoms with Gasteiger partial charge < -0.3 is 19.9 Å². The Kier molecular flexibility index (Phi) is 5.96. The summed E-state index contributed by atoms with van der Waals surface area (Å²) in [5.74, 6) is 1.32. The number of likely N-dealkylation sites (N-methyl/N-ethyl adjacent to an activating group) is 1. The number of pyridine rings is 1. The molecule has 0 radical (unpaired) electrons. The van der Waals surface area contributed by atoms with Crippen LogP contribution in [-0.2, 0) is 4.79 Å². The standard InChI is InChI=1S/C19H23ClN4O2/c1-14-11-16(4-5-17(14)20)26-13-19(25)22-15-3-6-18(21-12-15)24-9-7-23(2)8-10-24/h3-6,11-12H,7-10,13H2,1-2H3,(H,22,25). The lowest BCUT2D eigenvalue weighted by molar-refractivity contribution is -0.118. The number of nitrogens with one attached hydrogen (secondary N) is 1. The van der Waals surface area contributed by atoms with E-state index < -0.39 is 0 Å². The number of carbonyl (C=O) groups is 1. The second-order valence-electron chi connectivity index (χ2n) is 6.44. The average Bonchev–Trinajstić information content (AvgIpc) is 2.64.